The fourth-order valence-electron chi connectivity index (χ4n) is 1.53. The van der Waals surface area contributed by atoms with Gasteiger partial charge in [-0.15, -0.1) is 0 Å². The van der Waals surface area contributed by atoms with E-state index in [1.807, 2.05) is 13.0 Å². The van der Waals surface area contributed by atoms with Crippen molar-refractivity contribution in [2.45, 2.75) is 32.6 Å². The lowest BCUT2D eigenvalue weighted by Crippen LogP contribution is -1.96. The van der Waals surface area contributed by atoms with Crippen molar-refractivity contribution in [1.82, 2.24) is 4.98 Å². The highest BCUT2D eigenvalue weighted by Gasteiger charge is 2.27. The first-order valence-electron chi connectivity index (χ1n) is 4.32. The SMILES string of the molecule is Cc1cc(C2CC2)c(F)c(C)n1. The van der Waals surface area contributed by atoms with Gasteiger partial charge in [-0.05, 0) is 44.2 Å². The highest BCUT2D eigenvalue weighted by Crippen LogP contribution is 2.41. The van der Waals surface area contributed by atoms with Crippen molar-refractivity contribution >= 4 is 0 Å². The number of nitrogens with zero attached hydrogens (tertiary/aromatic N) is 1. The number of rotatable bonds is 1. The van der Waals surface area contributed by atoms with Crippen LogP contribution in [0.25, 0.3) is 0 Å². The van der Waals surface area contributed by atoms with Crippen LogP contribution in [-0.4, -0.2) is 4.98 Å². The predicted octanol–water partition coefficient (Wildman–Crippen LogP) is 2.71. The Morgan fingerprint density at radius 2 is 2.08 bits per heavy atom. The molecule has 0 saturated heterocycles. The minimum Gasteiger partial charge on any atom is -0.255 e. The molecule has 1 aromatic heterocycles. The van der Waals surface area contributed by atoms with Crippen molar-refractivity contribution < 1.29 is 4.39 Å². The summed E-state index contributed by atoms with van der Waals surface area (Å²) in [5.74, 6) is 0.383. The maximum Gasteiger partial charge on any atom is 0.147 e. The number of hydrogen-bond acceptors (Lipinski definition) is 1. The predicted molar refractivity (Wildman–Crippen MR) is 45.6 cm³/mol. The summed E-state index contributed by atoms with van der Waals surface area (Å²) >= 11 is 0. The second-order valence-corrected chi connectivity index (χ2v) is 3.53. The zero-order valence-corrected chi connectivity index (χ0v) is 7.39. The molecule has 0 bridgehead atoms. The van der Waals surface area contributed by atoms with Crippen LogP contribution in [0.5, 0.6) is 0 Å². The molecule has 1 fully saturated rings. The smallest absolute Gasteiger partial charge is 0.147 e. The molecule has 0 aliphatic heterocycles. The number of aryl methyl sites for hydroxylation is 2. The van der Waals surface area contributed by atoms with Crippen LogP contribution in [-0.2, 0) is 0 Å². The third-order valence-corrected chi connectivity index (χ3v) is 2.30. The van der Waals surface area contributed by atoms with Gasteiger partial charge in [-0.2, -0.15) is 0 Å². The highest BCUT2D eigenvalue weighted by atomic mass is 19.1. The number of hydrogen-bond donors (Lipinski definition) is 0. The minimum atomic E-state index is -0.0944. The molecule has 0 spiro atoms. The van der Waals surface area contributed by atoms with Crippen molar-refractivity contribution in [1.29, 1.82) is 0 Å². The van der Waals surface area contributed by atoms with Crippen molar-refractivity contribution in [2.75, 3.05) is 0 Å². The molecular weight excluding hydrogens is 153 g/mol. The summed E-state index contributed by atoms with van der Waals surface area (Å²) in [5, 5.41) is 0. The molecule has 1 saturated carbocycles. The van der Waals surface area contributed by atoms with Crippen LogP contribution in [0.2, 0.25) is 0 Å². The number of aromatic nitrogens is 1. The molecule has 1 aliphatic rings. The molecule has 64 valence electrons. The van der Waals surface area contributed by atoms with Crippen LogP contribution < -0.4 is 0 Å². The third kappa shape index (κ3) is 1.22. The topological polar surface area (TPSA) is 12.9 Å². The van der Waals surface area contributed by atoms with Crippen LogP contribution >= 0.6 is 0 Å². The van der Waals surface area contributed by atoms with Crippen LogP contribution in [0, 0.1) is 19.7 Å². The van der Waals surface area contributed by atoms with E-state index in [1.165, 1.54) is 0 Å². The van der Waals surface area contributed by atoms with Gasteiger partial charge in [-0.25, -0.2) is 4.39 Å². The summed E-state index contributed by atoms with van der Waals surface area (Å²) in [6.07, 6.45) is 2.28. The van der Waals surface area contributed by atoms with E-state index in [9.17, 15) is 4.39 Å². The van der Waals surface area contributed by atoms with Gasteiger partial charge in [0, 0.05) is 5.69 Å². The maximum absolute atomic E-state index is 13.4. The molecule has 0 aromatic carbocycles. The Kier molecular flexibility index (Phi) is 1.63. The first-order valence-corrected chi connectivity index (χ1v) is 4.32. The Labute approximate surface area is 71.6 Å². The van der Waals surface area contributed by atoms with Gasteiger partial charge in [0.2, 0.25) is 0 Å². The molecule has 1 heterocycles. The highest BCUT2D eigenvalue weighted by molar-refractivity contribution is 5.29. The summed E-state index contributed by atoms with van der Waals surface area (Å²) in [7, 11) is 0. The first kappa shape index (κ1) is 7.71. The summed E-state index contributed by atoms with van der Waals surface area (Å²) in [6.45, 7) is 3.65. The normalized spacial score (nSPS) is 16.6. The lowest BCUT2D eigenvalue weighted by molar-refractivity contribution is 0.591. The fraction of sp³-hybridized carbons (Fsp3) is 0.500. The van der Waals surface area contributed by atoms with Crippen molar-refractivity contribution in [3.63, 3.8) is 0 Å². The van der Waals surface area contributed by atoms with Gasteiger partial charge in [0.15, 0.2) is 0 Å². The first-order chi connectivity index (χ1) is 5.68. The Hall–Kier alpha value is -0.920. The molecule has 0 unspecified atom stereocenters. The Bertz CT molecular complexity index is 316. The molecule has 0 radical (unpaired) electrons. The minimum absolute atomic E-state index is 0.0944. The maximum atomic E-state index is 13.4. The second kappa shape index (κ2) is 2.54. The fourth-order valence-corrected chi connectivity index (χ4v) is 1.53. The zero-order valence-electron chi connectivity index (χ0n) is 7.39. The van der Waals surface area contributed by atoms with Gasteiger partial charge in [-0.1, -0.05) is 0 Å². The molecular formula is C10H12FN. The van der Waals surface area contributed by atoms with Crippen molar-refractivity contribution in [3.8, 4) is 0 Å². The molecule has 12 heavy (non-hydrogen) atoms. The molecule has 0 N–H and O–H groups in total. The lowest BCUT2D eigenvalue weighted by atomic mass is 10.1. The standard InChI is InChI=1S/C10H12FN/c1-6-5-9(8-3-4-8)10(11)7(2)12-6/h5,8H,3-4H2,1-2H3. The van der Waals surface area contributed by atoms with Gasteiger partial charge in [0.1, 0.15) is 5.82 Å². The number of pyridine rings is 1. The van der Waals surface area contributed by atoms with E-state index in [1.54, 1.807) is 6.92 Å². The molecule has 2 rings (SSSR count). The van der Waals surface area contributed by atoms with Gasteiger partial charge >= 0.3 is 0 Å². The Morgan fingerprint density at radius 1 is 1.42 bits per heavy atom. The quantitative estimate of drug-likeness (QED) is 0.623. The average Bonchev–Trinajstić information content (AvgIpc) is 2.79. The van der Waals surface area contributed by atoms with Gasteiger partial charge in [-0.3, -0.25) is 4.98 Å². The van der Waals surface area contributed by atoms with E-state index in [0.717, 1.165) is 24.1 Å². The molecule has 2 heteroatoms. The van der Waals surface area contributed by atoms with Crippen LogP contribution in [0.1, 0.15) is 35.7 Å². The van der Waals surface area contributed by atoms with Crippen LogP contribution in [0.15, 0.2) is 6.07 Å². The number of halogens is 1. The van der Waals surface area contributed by atoms with Gasteiger partial charge in [0.25, 0.3) is 0 Å². The molecule has 0 atom stereocenters. The monoisotopic (exact) mass is 165 g/mol. The Morgan fingerprint density at radius 3 is 2.67 bits per heavy atom. The Balaban J connectivity index is 2.51. The summed E-state index contributed by atoms with van der Waals surface area (Å²) in [6, 6.07) is 1.88. The van der Waals surface area contributed by atoms with E-state index in [0.29, 0.717) is 11.6 Å². The van der Waals surface area contributed by atoms with Gasteiger partial charge in [0.05, 0.1) is 5.69 Å². The summed E-state index contributed by atoms with van der Waals surface area (Å²) in [5.41, 5.74) is 2.34. The molecule has 0 amide bonds. The van der Waals surface area contributed by atoms with Crippen LogP contribution in [0.3, 0.4) is 0 Å². The van der Waals surface area contributed by atoms with E-state index >= 15 is 0 Å². The largest absolute Gasteiger partial charge is 0.255 e. The molecule has 1 nitrogen and oxygen atoms in total. The second-order valence-electron chi connectivity index (χ2n) is 3.53. The molecule has 1 aromatic rings. The van der Waals surface area contributed by atoms with E-state index in [-0.39, 0.29) is 5.82 Å². The summed E-state index contributed by atoms with van der Waals surface area (Å²) in [4.78, 5) is 4.07. The third-order valence-electron chi connectivity index (χ3n) is 2.30. The molecule has 1 aliphatic carbocycles. The zero-order chi connectivity index (χ0) is 8.72. The van der Waals surface area contributed by atoms with Gasteiger partial charge < -0.3 is 0 Å². The van der Waals surface area contributed by atoms with E-state index in [4.69, 9.17) is 0 Å². The van der Waals surface area contributed by atoms with Crippen molar-refractivity contribution in [2.24, 2.45) is 0 Å². The van der Waals surface area contributed by atoms with Crippen molar-refractivity contribution in [3.05, 3.63) is 28.8 Å². The van der Waals surface area contributed by atoms with E-state index < -0.39 is 0 Å². The summed E-state index contributed by atoms with van der Waals surface area (Å²) < 4.78 is 13.4. The lowest BCUT2D eigenvalue weighted by Gasteiger charge is -2.04. The average molecular weight is 165 g/mol. The van der Waals surface area contributed by atoms with Crippen LogP contribution in [0.4, 0.5) is 4.39 Å². The van der Waals surface area contributed by atoms with E-state index in [2.05, 4.69) is 4.98 Å².